The number of ether oxygens (including phenoxy) is 1. The van der Waals surface area contributed by atoms with Crippen molar-refractivity contribution in [3.05, 3.63) is 59.2 Å². The minimum absolute atomic E-state index is 0. The summed E-state index contributed by atoms with van der Waals surface area (Å²) in [5.74, 6) is 0.372. The highest BCUT2D eigenvalue weighted by molar-refractivity contribution is 6.00. The molecule has 1 amide bonds. The van der Waals surface area contributed by atoms with Crippen LogP contribution < -0.4 is 4.90 Å². The lowest BCUT2D eigenvalue weighted by atomic mass is 10.1. The van der Waals surface area contributed by atoms with E-state index in [1.807, 2.05) is 26.8 Å². The van der Waals surface area contributed by atoms with Gasteiger partial charge in [-0.25, -0.2) is 9.18 Å². The van der Waals surface area contributed by atoms with Crippen LogP contribution in [0, 0.1) is 25.6 Å². The second-order valence-corrected chi connectivity index (χ2v) is 9.48. The second-order valence-electron chi connectivity index (χ2n) is 9.48. The van der Waals surface area contributed by atoms with Gasteiger partial charge in [0, 0.05) is 18.4 Å². The molecule has 7 heteroatoms. The fourth-order valence-corrected chi connectivity index (χ4v) is 3.87. The summed E-state index contributed by atoms with van der Waals surface area (Å²) in [4.78, 5) is 19.6. The summed E-state index contributed by atoms with van der Waals surface area (Å²) in [5, 5.41) is 0. The predicted molar refractivity (Wildman–Crippen MR) is 128 cm³/mol. The van der Waals surface area contributed by atoms with Gasteiger partial charge in [-0.2, -0.15) is 0 Å². The molecule has 0 saturated heterocycles. The minimum Gasteiger partial charge on any atom is -0.443 e. The smallest absolute Gasteiger partial charge is 0.415 e. The van der Waals surface area contributed by atoms with E-state index in [2.05, 4.69) is 23.4 Å². The average Bonchev–Trinajstić information content (AvgIpc) is 3.49. The van der Waals surface area contributed by atoms with E-state index in [-0.39, 0.29) is 24.8 Å². The molecule has 1 fully saturated rings. The normalized spacial score (nSPS) is 13.7. The third-order valence-corrected chi connectivity index (χ3v) is 5.77. The lowest BCUT2D eigenvalue weighted by Crippen LogP contribution is -2.36. The van der Waals surface area contributed by atoms with E-state index >= 15 is 0 Å². The molecular formula is C25H31ClFN3O2. The molecule has 0 spiro atoms. The van der Waals surface area contributed by atoms with E-state index in [0.717, 1.165) is 34.4 Å². The number of carbonyl (C=O) groups is 1. The molecule has 3 aromatic rings. The number of hydrogen-bond donors (Lipinski definition) is 0. The summed E-state index contributed by atoms with van der Waals surface area (Å²) in [5.41, 5.74) is 5.12. The Bertz CT molecular complexity index is 1110. The number of benzene rings is 1. The van der Waals surface area contributed by atoms with Gasteiger partial charge in [0.1, 0.15) is 11.4 Å². The van der Waals surface area contributed by atoms with Gasteiger partial charge in [-0.15, -0.1) is 12.4 Å². The molecule has 1 aromatic carbocycles. The third kappa shape index (κ3) is 5.07. The van der Waals surface area contributed by atoms with Gasteiger partial charge < -0.3 is 9.30 Å². The lowest BCUT2D eigenvalue weighted by Gasteiger charge is -2.28. The number of rotatable bonds is 5. The van der Waals surface area contributed by atoms with E-state index in [4.69, 9.17) is 4.74 Å². The van der Waals surface area contributed by atoms with Crippen molar-refractivity contribution in [1.82, 2.24) is 9.55 Å². The van der Waals surface area contributed by atoms with Crippen LogP contribution in [0.5, 0.6) is 0 Å². The van der Waals surface area contributed by atoms with E-state index in [0.29, 0.717) is 5.92 Å². The van der Waals surface area contributed by atoms with Crippen molar-refractivity contribution in [3.63, 3.8) is 0 Å². The Morgan fingerprint density at radius 2 is 1.84 bits per heavy atom. The Labute approximate surface area is 195 Å². The first kappa shape index (κ1) is 24.1. The molecule has 172 valence electrons. The fraction of sp³-hybridized carbons (Fsp3) is 0.440. The Balaban J connectivity index is 0.00000289. The highest BCUT2D eigenvalue weighted by Gasteiger charge is 2.29. The number of carbonyl (C=O) groups excluding carboxylic acids is 1. The monoisotopic (exact) mass is 459 g/mol. The molecular weight excluding hydrogens is 429 g/mol. The first-order chi connectivity index (χ1) is 14.6. The quantitative estimate of drug-likeness (QED) is 0.433. The molecule has 4 rings (SSSR count). The average molecular weight is 460 g/mol. The Kier molecular flexibility index (Phi) is 6.84. The second kappa shape index (κ2) is 9.10. The van der Waals surface area contributed by atoms with Gasteiger partial charge in [0.15, 0.2) is 0 Å². The molecule has 1 aliphatic rings. The molecule has 5 nitrogen and oxygen atoms in total. The van der Waals surface area contributed by atoms with Crippen molar-refractivity contribution in [2.75, 3.05) is 4.90 Å². The number of aryl methyl sites for hydroxylation is 1. The summed E-state index contributed by atoms with van der Waals surface area (Å²) in [6.45, 7) is 11.0. The number of hydrogen-bond acceptors (Lipinski definition) is 3. The maximum Gasteiger partial charge on any atom is 0.415 e. The van der Waals surface area contributed by atoms with Crippen LogP contribution >= 0.6 is 12.4 Å². The molecule has 0 aliphatic heterocycles. The van der Waals surface area contributed by atoms with Crippen LogP contribution in [-0.4, -0.2) is 21.2 Å². The van der Waals surface area contributed by atoms with Crippen LogP contribution in [0.4, 0.5) is 14.9 Å². The van der Waals surface area contributed by atoms with Gasteiger partial charge in [-0.3, -0.25) is 9.88 Å². The molecule has 1 saturated carbocycles. The van der Waals surface area contributed by atoms with Crippen molar-refractivity contribution in [2.24, 2.45) is 5.92 Å². The van der Waals surface area contributed by atoms with Gasteiger partial charge in [-0.05, 0) is 82.7 Å². The maximum absolute atomic E-state index is 13.4. The zero-order valence-electron chi connectivity index (χ0n) is 19.3. The molecule has 0 bridgehead atoms. The fourth-order valence-electron chi connectivity index (χ4n) is 3.87. The van der Waals surface area contributed by atoms with Gasteiger partial charge >= 0.3 is 6.09 Å². The minimum atomic E-state index is -0.633. The number of fused-ring (bicyclic) bond motifs is 1. The van der Waals surface area contributed by atoms with E-state index in [1.165, 1.54) is 30.7 Å². The number of halogens is 2. The molecule has 32 heavy (non-hydrogen) atoms. The lowest BCUT2D eigenvalue weighted by molar-refractivity contribution is 0.0578. The van der Waals surface area contributed by atoms with Crippen molar-refractivity contribution in [2.45, 2.75) is 66.2 Å². The summed E-state index contributed by atoms with van der Waals surface area (Å²) >= 11 is 0. The number of pyridine rings is 1. The van der Waals surface area contributed by atoms with Crippen molar-refractivity contribution in [3.8, 4) is 0 Å². The van der Waals surface area contributed by atoms with Crippen LogP contribution in [0.1, 0.15) is 50.4 Å². The van der Waals surface area contributed by atoms with E-state index < -0.39 is 11.7 Å². The Morgan fingerprint density at radius 1 is 1.19 bits per heavy atom. The Hall–Kier alpha value is -2.60. The molecule has 0 atom stereocenters. The summed E-state index contributed by atoms with van der Waals surface area (Å²) < 4.78 is 21.5. The van der Waals surface area contributed by atoms with Crippen LogP contribution in [0.3, 0.4) is 0 Å². The first-order valence-corrected chi connectivity index (χ1v) is 10.8. The summed E-state index contributed by atoms with van der Waals surface area (Å²) in [6.07, 6.45) is 3.78. The summed E-state index contributed by atoms with van der Waals surface area (Å²) in [6, 6.07) is 8.09. The van der Waals surface area contributed by atoms with E-state index in [1.54, 1.807) is 23.2 Å². The van der Waals surface area contributed by atoms with Crippen LogP contribution in [0.25, 0.3) is 11.0 Å². The number of nitrogens with zero attached hydrogens (tertiary/aromatic N) is 3. The van der Waals surface area contributed by atoms with Gasteiger partial charge in [-0.1, -0.05) is 12.1 Å². The van der Waals surface area contributed by atoms with Crippen molar-refractivity contribution in [1.29, 1.82) is 0 Å². The van der Waals surface area contributed by atoms with Gasteiger partial charge in [0.05, 0.1) is 23.3 Å². The highest BCUT2D eigenvalue weighted by Crippen LogP contribution is 2.37. The third-order valence-electron chi connectivity index (χ3n) is 5.77. The SMILES string of the molecule is Cc1c(C)n(CC2CC2)c2c(N(Cc3ccc(F)cc3)C(=O)OC(C)(C)C)ccnc12.Cl. The zero-order chi connectivity index (χ0) is 22.3. The zero-order valence-corrected chi connectivity index (χ0v) is 20.1. The standard InChI is InChI=1S/C25H30FN3O2.ClH/c1-16-17(2)28(14-18-6-7-18)23-21(12-13-27-22(16)23)29(24(30)31-25(3,4)5)15-19-8-10-20(26)11-9-19;/h8-13,18H,6-7,14-15H2,1-5H3;1H. The summed E-state index contributed by atoms with van der Waals surface area (Å²) in [7, 11) is 0. The van der Waals surface area contributed by atoms with Crippen molar-refractivity contribution >= 4 is 35.2 Å². The van der Waals surface area contributed by atoms with Gasteiger partial charge in [0.2, 0.25) is 0 Å². The number of anilines is 1. The molecule has 0 radical (unpaired) electrons. The topological polar surface area (TPSA) is 47.4 Å². The van der Waals surface area contributed by atoms with Crippen LogP contribution in [0.2, 0.25) is 0 Å². The van der Waals surface area contributed by atoms with Crippen LogP contribution in [0.15, 0.2) is 36.5 Å². The highest BCUT2D eigenvalue weighted by atomic mass is 35.5. The molecule has 1 aliphatic carbocycles. The number of aromatic nitrogens is 2. The largest absolute Gasteiger partial charge is 0.443 e. The van der Waals surface area contributed by atoms with E-state index in [9.17, 15) is 9.18 Å². The molecule has 2 heterocycles. The molecule has 0 unspecified atom stereocenters. The maximum atomic E-state index is 13.4. The van der Waals surface area contributed by atoms with Crippen molar-refractivity contribution < 1.29 is 13.9 Å². The van der Waals surface area contributed by atoms with Gasteiger partial charge in [0.25, 0.3) is 0 Å². The predicted octanol–water partition coefficient (Wildman–Crippen LogP) is 6.57. The number of amides is 1. The first-order valence-electron chi connectivity index (χ1n) is 10.8. The Morgan fingerprint density at radius 3 is 2.44 bits per heavy atom. The van der Waals surface area contributed by atoms with Crippen LogP contribution in [-0.2, 0) is 17.8 Å². The molecule has 2 aromatic heterocycles. The molecule has 0 N–H and O–H groups in total.